The van der Waals surface area contributed by atoms with E-state index in [0.29, 0.717) is 49.1 Å². The lowest BCUT2D eigenvalue weighted by Gasteiger charge is -2.15. The van der Waals surface area contributed by atoms with Crippen molar-refractivity contribution in [3.05, 3.63) is 76.7 Å². The normalized spacial score (nSPS) is 10.7. The highest BCUT2D eigenvalue weighted by molar-refractivity contribution is 6.41. The number of aryl methyl sites for hydroxylation is 1. The molecule has 7 nitrogen and oxygen atoms in total. The highest BCUT2D eigenvalue weighted by Crippen LogP contribution is 2.46. The topological polar surface area (TPSA) is 85.4 Å². The molecular formula is C26H21Cl2FN4O3. The maximum atomic E-state index is 14.8. The van der Waals surface area contributed by atoms with Crippen molar-refractivity contribution in [3.8, 4) is 22.6 Å². The molecule has 2 N–H and O–H groups in total. The van der Waals surface area contributed by atoms with E-state index in [1.54, 1.807) is 37.4 Å². The number of benzene rings is 3. The lowest BCUT2D eigenvalue weighted by Crippen LogP contribution is -2.11. The first-order chi connectivity index (χ1) is 17.2. The van der Waals surface area contributed by atoms with Crippen LogP contribution in [0.3, 0.4) is 0 Å². The fourth-order valence-electron chi connectivity index (χ4n) is 3.65. The predicted molar refractivity (Wildman–Crippen MR) is 141 cm³/mol. The number of hydrogen-bond acceptors (Lipinski definition) is 6. The molecule has 0 aliphatic carbocycles. The Hall–Kier alpha value is -3.88. The summed E-state index contributed by atoms with van der Waals surface area (Å²) in [5, 5.41) is 6.83. The van der Waals surface area contributed by atoms with Crippen molar-refractivity contribution in [1.29, 1.82) is 0 Å². The van der Waals surface area contributed by atoms with Crippen molar-refractivity contribution in [2.45, 2.75) is 6.92 Å². The van der Waals surface area contributed by atoms with E-state index in [-0.39, 0.29) is 17.3 Å². The van der Waals surface area contributed by atoms with Crippen LogP contribution in [0, 0.1) is 12.7 Å². The lowest BCUT2D eigenvalue weighted by molar-refractivity contribution is -0.111. The van der Waals surface area contributed by atoms with Gasteiger partial charge >= 0.3 is 0 Å². The zero-order valence-electron chi connectivity index (χ0n) is 19.6. The summed E-state index contributed by atoms with van der Waals surface area (Å²) < 4.78 is 25.5. The number of carbonyl (C=O) groups is 1. The molecule has 0 aliphatic rings. The average molecular weight is 527 g/mol. The summed E-state index contributed by atoms with van der Waals surface area (Å²) in [5.74, 6) is -0.0519. The van der Waals surface area contributed by atoms with Crippen LogP contribution in [0.5, 0.6) is 11.5 Å². The van der Waals surface area contributed by atoms with Crippen molar-refractivity contribution in [2.75, 3.05) is 24.9 Å². The molecule has 1 aromatic heterocycles. The Labute approximate surface area is 216 Å². The SMILES string of the molecule is C=CC(=O)Nc1cc(C)cc(F)c1Nc1ncc2cc(-c3c(Cl)c(OC)cc(OC)c3Cl)ccc2n1. The monoisotopic (exact) mass is 526 g/mol. The van der Waals surface area contributed by atoms with Crippen LogP contribution in [-0.2, 0) is 4.79 Å². The van der Waals surface area contributed by atoms with Gasteiger partial charge in [0.05, 0.1) is 35.5 Å². The molecular weight excluding hydrogens is 506 g/mol. The first kappa shape index (κ1) is 25.2. The zero-order chi connectivity index (χ0) is 26.0. The van der Waals surface area contributed by atoms with Crippen LogP contribution in [0.4, 0.5) is 21.7 Å². The summed E-state index contributed by atoms with van der Waals surface area (Å²) in [4.78, 5) is 20.6. The van der Waals surface area contributed by atoms with Gasteiger partial charge < -0.3 is 20.1 Å². The second-order valence-corrected chi connectivity index (χ2v) is 8.49. The Morgan fingerprint density at radius 1 is 1.08 bits per heavy atom. The Kier molecular flexibility index (Phi) is 7.28. The lowest BCUT2D eigenvalue weighted by atomic mass is 10.0. The van der Waals surface area contributed by atoms with E-state index in [1.165, 1.54) is 20.3 Å². The molecule has 0 bridgehead atoms. The van der Waals surface area contributed by atoms with Crippen LogP contribution >= 0.6 is 23.2 Å². The Morgan fingerprint density at radius 2 is 1.78 bits per heavy atom. The summed E-state index contributed by atoms with van der Waals surface area (Å²) >= 11 is 13.1. The number of nitrogens with zero attached hydrogens (tertiary/aromatic N) is 2. The molecule has 0 aliphatic heterocycles. The van der Waals surface area contributed by atoms with Gasteiger partial charge in [-0.05, 0) is 48.4 Å². The van der Waals surface area contributed by atoms with Crippen LogP contribution in [0.25, 0.3) is 22.0 Å². The fraction of sp³-hybridized carbons (Fsp3) is 0.115. The van der Waals surface area contributed by atoms with E-state index in [4.69, 9.17) is 32.7 Å². The molecule has 0 radical (unpaired) electrons. The maximum Gasteiger partial charge on any atom is 0.247 e. The molecule has 10 heteroatoms. The van der Waals surface area contributed by atoms with Crippen molar-refractivity contribution in [3.63, 3.8) is 0 Å². The summed E-state index contributed by atoms with van der Waals surface area (Å²) in [7, 11) is 3.01. The zero-order valence-corrected chi connectivity index (χ0v) is 21.1. The maximum absolute atomic E-state index is 14.8. The number of nitrogens with one attached hydrogen (secondary N) is 2. The smallest absolute Gasteiger partial charge is 0.247 e. The van der Waals surface area contributed by atoms with Gasteiger partial charge in [-0.2, -0.15) is 0 Å². The van der Waals surface area contributed by atoms with Crippen LogP contribution in [0.1, 0.15) is 5.56 Å². The number of amides is 1. The molecule has 4 rings (SSSR count). The van der Waals surface area contributed by atoms with Gasteiger partial charge in [0.2, 0.25) is 11.9 Å². The third-order valence-corrected chi connectivity index (χ3v) is 6.11. The molecule has 0 spiro atoms. The van der Waals surface area contributed by atoms with Crippen molar-refractivity contribution < 1.29 is 18.7 Å². The third-order valence-electron chi connectivity index (χ3n) is 5.36. The summed E-state index contributed by atoms with van der Waals surface area (Å²) in [6, 6.07) is 9.99. The second-order valence-electron chi connectivity index (χ2n) is 7.74. The second kappa shape index (κ2) is 10.4. The Balaban J connectivity index is 1.73. The molecule has 0 fully saturated rings. The predicted octanol–water partition coefficient (Wildman–Crippen LogP) is 6.94. The largest absolute Gasteiger partial charge is 0.495 e. The number of carbonyl (C=O) groups excluding carboxylic acids is 1. The van der Waals surface area contributed by atoms with Crippen molar-refractivity contribution in [2.24, 2.45) is 0 Å². The minimum atomic E-state index is -0.565. The van der Waals surface area contributed by atoms with E-state index in [9.17, 15) is 9.18 Å². The minimum Gasteiger partial charge on any atom is -0.495 e. The number of aromatic nitrogens is 2. The number of fused-ring (bicyclic) bond motifs is 1. The Morgan fingerprint density at radius 3 is 2.42 bits per heavy atom. The molecule has 4 aromatic rings. The van der Waals surface area contributed by atoms with E-state index in [2.05, 4.69) is 27.2 Å². The number of rotatable bonds is 7. The summed E-state index contributed by atoms with van der Waals surface area (Å²) in [6.45, 7) is 5.15. The van der Waals surface area contributed by atoms with Crippen molar-refractivity contribution >= 4 is 57.3 Å². The van der Waals surface area contributed by atoms with Gasteiger partial charge in [0.25, 0.3) is 0 Å². The van der Waals surface area contributed by atoms with Gasteiger partial charge in [-0.25, -0.2) is 14.4 Å². The standard InChI is InChI=1S/C26H21Cl2FN4O3/c1-5-21(34)31-18-9-13(2)8-16(29)25(18)33-26-30-12-15-10-14(6-7-17(15)32-26)22-23(27)19(35-3)11-20(36-4)24(22)28/h5-12H,1H2,2-4H3,(H,31,34)(H,30,32,33). The summed E-state index contributed by atoms with van der Waals surface area (Å²) in [6.07, 6.45) is 2.69. The first-order valence-electron chi connectivity index (χ1n) is 10.6. The van der Waals surface area contributed by atoms with E-state index in [1.807, 2.05) is 6.07 Å². The molecule has 36 heavy (non-hydrogen) atoms. The van der Waals surface area contributed by atoms with Crippen LogP contribution in [0.2, 0.25) is 10.0 Å². The third kappa shape index (κ3) is 4.91. The van der Waals surface area contributed by atoms with Crippen LogP contribution in [-0.4, -0.2) is 30.1 Å². The number of hydrogen-bond donors (Lipinski definition) is 2. The average Bonchev–Trinajstić information content (AvgIpc) is 2.86. The fourth-order valence-corrected chi connectivity index (χ4v) is 4.37. The van der Waals surface area contributed by atoms with Crippen LogP contribution < -0.4 is 20.1 Å². The molecule has 0 atom stereocenters. The molecule has 184 valence electrons. The van der Waals surface area contributed by atoms with Gasteiger partial charge in [0.1, 0.15) is 23.0 Å². The number of methoxy groups -OCH3 is 2. The van der Waals surface area contributed by atoms with E-state index < -0.39 is 11.7 Å². The van der Waals surface area contributed by atoms with Gasteiger partial charge in [-0.1, -0.05) is 35.8 Å². The van der Waals surface area contributed by atoms with E-state index in [0.717, 1.165) is 6.08 Å². The van der Waals surface area contributed by atoms with Gasteiger partial charge in [-0.15, -0.1) is 0 Å². The molecule has 1 heterocycles. The van der Waals surface area contributed by atoms with Crippen LogP contribution in [0.15, 0.2) is 55.3 Å². The van der Waals surface area contributed by atoms with Gasteiger partial charge in [0.15, 0.2) is 0 Å². The molecule has 3 aromatic carbocycles. The quantitative estimate of drug-likeness (QED) is 0.254. The number of ether oxygens (including phenoxy) is 2. The summed E-state index contributed by atoms with van der Waals surface area (Å²) in [5.41, 5.74) is 2.75. The number of anilines is 3. The van der Waals surface area contributed by atoms with E-state index >= 15 is 0 Å². The first-order valence-corrected chi connectivity index (χ1v) is 11.4. The van der Waals surface area contributed by atoms with Gasteiger partial charge in [-0.3, -0.25) is 4.79 Å². The van der Waals surface area contributed by atoms with Crippen molar-refractivity contribution in [1.82, 2.24) is 9.97 Å². The highest BCUT2D eigenvalue weighted by atomic mass is 35.5. The molecule has 0 saturated carbocycles. The molecule has 1 amide bonds. The highest BCUT2D eigenvalue weighted by Gasteiger charge is 2.19. The molecule has 0 saturated heterocycles. The Bertz CT molecular complexity index is 1480. The molecule has 0 unspecified atom stereocenters. The number of halogens is 3. The van der Waals surface area contributed by atoms with Gasteiger partial charge in [0, 0.05) is 23.2 Å². The minimum absolute atomic E-state index is 0.0359.